The molecule has 4 nitrogen and oxygen atoms in total. The predicted octanol–water partition coefficient (Wildman–Crippen LogP) is 4.76. The van der Waals surface area contributed by atoms with Crippen LogP contribution in [-0.4, -0.2) is 38.9 Å². The Morgan fingerprint density at radius 3 is 2.28 bits per heavy atom. The number of hydrogen-bond donors (Lipinski definition) is 3. The number of allylic oxidation sites excluding steroid dienone is 2. The number of aliphatic hydroxyl groups is 3. The van der Waals surface area contributed by atoms with Crippen molar-refractivity contribution in [1.82, 2.24) is 0 Å². The SMILES string of the molecule is CC(C)[C@@H](C)/C=C/[C@@H](C)[C@H]1CC[C@H]2[C@@H]3C(=O)[C@@H](O)[C@@]4(O)C[C@@H](O)CC[C@]4(C)[C@H]3CC[C@]12C. The number of carbonyl (C=O) groups is 1. The fourth-order valence-corrected chi connectivity index (χ4v) is 8.59. The highest BCUT2D eigenvalue weighted by atomic mass is 16.4. The van der Waals surface area contributed by atoms with Crippen molar-refractivity contribution in [1.29, 1.82) is 0 Å². The molecule has 0 amide bonds. The molecule has 0 saturated heterocycles. The molecule has 0 aliphatic heterocycles. The van der Waals surface area contributed by atoms with E-state index in [4.69, 9.17) is 0 Å². The Hall–Kier alpha value is -0.710. The minimum atomic E-state index is -1.50. The summed E-state index contributed by atoms with van der Waals surface area (Å²) in [6.45, 7) is 13.6. The zero-order valence-corrected chi connectivity index (χ0v) is 21.1. The monoisotopic (exact) mass is 446 g/mol. The topological polar surface area (TPSA) is 77.8 Å². The summed E-state index contributed by atoms with van der Waals surface area (Å²) in [5.74, 6) is 2.28. The number of aliphatic hydroxyl groups excluding tert-OH is 2. The minimum Gasteiger partial charge on any atom is -0.393 e. The molecular formula is C28H46O4. The van der Waals surface area contributed by atoms with Crippen molar-refractivity contribution in [3.05, 3.63) is 12.2 Å². The summed E-state index contributed by atoms with van der Waals surface area (Å²) < 4.78 is 0. The van der Waals surface area contributed by atoms with E-state index in [1.54, 1.807) is 0 Å². The van der Waals surface area contributed by atoms with Gasteiger partial charge >= 0.3 is 0 Å². The Morgan fingerprint density at radius 2 is 1.62 bits per heavy atom. The van der Waals surface area contributed by atoms with Gasteiger partial charge < -0.3 is 15.3 Å². The number of hydrogen-bond acceptors (Lipinski definition) is 4. The molecule has 11 atom stereocenters. The van der Waals surface area contributed by atoms with Gasteiger partial charge in [-0.3, -0.25) is 4.79 Å². The molecule has 0 bridgehead atoms. The van der Waals surface area contributed by atoms with E-state index in [1.165, 1.54) is 0 Å². The summed E-state index contributed by atoms with van der Waals surface area (Å²) in [4.78, 5) is 13.6. The Bertz CT molecular complexity index is 761. The van der Waals surface area contributed by atoms with E-state index in [0.717, 1.165) is 25.7 Å². The predicted molar refractivity (Wildman–Crippen MR) is 127 cm³/mol. The summed E-state index contributed by atoms with van der Waals surface area (Å²) in [6.07, 6.45) is 8.38. The maximum Gasteiger partial charge on any atom is 0.167 e. The van der Waals surface area contributed by atoms with Gasteiger partial charge in [0.1, 0.15) is 11.7 Å². The lowest BCUT2D eigenvalue weighted by Gasteiger charge is -2.64. The summed E-state index contributed by atoms with van der Waals surface area (Å²) in [5.41, 5.74) is -1.92. The van der Waals surface area contributed by atoms with Crippen LogP contribution >= 0.6 is 0 Å². The van der Waals surface area contributed by atoms with Crippen LogP contribution in [0.2, 0.25) is 0 Å². The lowest BCUT2D eigenvalue weighted by Crippen LogP contribution is -2.72. The van der Waals surface area contributed by atoms with Crippen molar-refractivity contribution in [2.45, 2.75) is 104 Å². The Kier molecular flexibility index (Phi) is 6.26. The first-order valence-corrected chi connectivity index (χ1v) is 13.2. The number of Topliss-reactive ketones (excluding diaryl/α,β-unsaturated/α-hetero) is 1. The van der Waals surface area contributed by atoms with E-state index >= 15 is 0 Å². The maximum absolute atomic E-state index is 13.6. The van der Waals surface area contributed by atoms with E-state index in [9.17, 15) is 20.1 Å². The van der Waals surface area contributed by atoms with Gasteiger partial charge in [0.2, 0.25) is 0 Å². The van der Waals surface area contributed by atoms with Gasteiger partial charge in [-0.2, -0.15) is 0 Å². The van der Waals surface area contributed by atoms with Crippen LogP contribution < -0.4 is 0 Å². The molecule has 4 fully saturated rings. The summed E-state index contributed by atoms with van der Waals surface area (Å²) >= 11 is 0. The van der Waals surface area contributed by atoms with Crippen LogP contribution in [0.4, 0.5) is 0 Å². The van der Waals surface area contributed by atoms with E-state index in [2.05, 4.69) is 53.7 Å². The maximum atomic E-state index is 13.6. The molecule has 0 aromatic rings. The molecule has 4 aliphatic rings. The molecule has 32 heavy (non-hydrogen) atoms. The van der Waals surface area contributed by atoms with Gasteiger partial charge in [0, 0.05) is 17.8 Å². The van der Waals surface area contributed by atoms with Crippen molar-refractivity contribution in [3.63, 3.8) is 0 Å². The summed E-state index contributed by atoms with van der Waals surface area (Å²) in [5, 5.41) is 32.9. The van der Waals surface area contributed by atoms with Crippen LogP contribution in [0.3, 0.4) is 0 Å². The standard InChI is InChI=1S/C28H46O4/c1-16(2)17(3)7-8-18(4)20-9-10-21-23-22(12-13-26(20,21)5)27(6)14-11-19(29)15-28(27,32)25(31)24(23)30/h7-8,16-23,25,29,31-32H,9-15H2,1-6H3/b8-7+/t17-,18+,19-,20+,21-,22-,23-,25+,26+,27+,28-/m0/s1. The second-order valence-corrected chi connectivity index (χ2v) is 12.9. The van der Waals surface area contributed by atoms with E-state index in [1.807, 2.05) is 0 Å². The van der Waals surface area contributed by atoms with Gasteiger partial charge in [0.15, 0.2) is 5.78 Å². The van der Waals surface area contributed by atoms with Crippen LogP contribution in [0.5, 0.6) is 0 Å². The number of fused-ring (bicyclic) bond motifs is 5. The molecule has 4 rings (SSSR count). The van der Waals surface area contributed by atoms with Crippen molar-refractivity contribution >= 4 is 5.78 Å². The van der Waals surface area contributed by atoms with E-state index < -0.39 is 23.2 Å². The quantitative estimate of drug-likeness (QED) is 0.544. The van der Waals surface area contributed by atoms with Crippen LogP contribution in [0.25, 0.3) is 0 Å². The molecule has 0 heterocycles. The Morgan fingerprint density at radius 1 is 0.938 bits per heavy atom. The molecule has 0 aromatic carbocycles. The van der Waals surface area contributed by atoms with Gasteiger partial charge in [-0.15, -0.1) is 0 Å². The smallest absolute Gasteiger partial charge is 0.167 e. The van der Waals surface area contributed by atoms with Crippen molar-refractivity contribution in [2.75, 3.05) is 0 Å². The molecule has 4 heteroatoms. The fourth-order valence-electron chi connectivity index (χ4n) is 8.59. The second kappa shape index (κ2) is 8.20. The Labute approximate surface area is 194 Å². The molecule has 3 N–H and O–H groups in total. The first-order chi connectivity index (χ1) is 14.9. The highest BCUT2D eigenvalue weighted by molar-refractivity contribution is 5.89. The molecule has 182 valence electrons. The van der Waals surface area contributed by atoms with Crippen LogP contribution in [-0.2, 0) is 4.79 Å². The third-order valence-corrected chi connectivity index (χ3v) is 11.1. The largest absolute Gasteiger partial charge is 0.393 e. The van der Waals surface area contributed by atoms with Crippen molar-refractivity contribution in [2.24, 2.45) is 52.3 Å². The van der Waals surface area contributed by atoms with Gasteiger partial charge in [-0.1, -0.05) is 53.7 Å². The molecule has 0 spiro atoms. The van der Waals surface area contributed by atoms with E-state index in [-0.39, 0.29) is 35.4 Å². The molecule has 4 aliphatic carbocycles. The highest BCUT2D eigenvalue weighted by Gasteiger charge is 2.70. The fraction of sp³-hybridized carbons (Fsp3) is 0.893. The third kappa shape index (κ3) is 3.38. The van der Waals surface area contributed by atoms with Gasteiger partial charge in [0.25, 0.3) is 0 Å². The van der Waals surface area contributed by atoms with Gasteiger partial charge in [-0.05, 0) is 79.4 Å². The molecule has 0 unspecified atom stereocenters. The van der Waals surface area contributed by atoms with Gasteiger partial charge in [0.05, 0.1) is 6.10 Å². The minimum absolute atomic E-state index is 0.0968. The number of ketones is 1. The first-order valence-electron chi connectivity index (χ1n) is 13.2. The summed E-state index contributed by atoms with van der Waals surface area (Å²) in [7, 11) is 0. The summed E-state index contributed by atoms with van der Waals surface area (Å²) in [6, 6.07) is 0. The van der Waals surface area contributed by atoms with Crippen LogP contribution in [0.1, 0.15) is 86.5 Å². The Balaban J connectivity index is 1.62. The first kappa shape index (κ1) is 24.4. The lowest BCUT2D eigenvalue weighted by molar-refractivity contribution is -0.250. The molecule has 4 saturated carbocycles. The van der Waals surface area contributed by atoms with Crippen molar-refractivity contribution in [3.8, 4) is 0 Å². The van der Waals surface area contributed by atoms with Crippen LogP contribution in [0, 0.1) is 52.3 Å². The average Bonchev–Trinajstić information content (AvgIpc) is 3.09. The normalized spacial score (nSPS) is 50.8. The van der Waals surface area contributed by atoms with Gasteiger partial charge in [-0.25, -0.2) is 0 Å². The highest BCUT2D eigenvalue weighted by Crippen LogP contribution is 2.68. The second-order valence-electron chi connectivity index (χ2n) is 12.9. The van der Waals surface area contributed by atoms with Crippen LogP contribution in [0.15, 0.2) is 12.2 Å². The van der Waals surface area contributed by atoms with E-state index in [0.29, 0.717) is 36.5 Å². The lowest BCUT2D eigenvalue weighted by atomic mass is 9.42. The molecular weight excluding hydrogens is 400 g/mol. The zero-order valence-electron chi connectivity index (χ0n) is 21.1. The van der Waals surface area contributed by atoms with Crippen molar-refractivity contribution < 1.29 is 20.1 Å². The molecule has 0 aromatic heterocycles. The molecule has 0 radical (unpaired) electrons. The zero-order chi connectivity index (χ0) is 23.6. The number of rotatable bonds is 4. The number of carbonyl (C=O) groups excluding carboxylic acids is 1. The third-order valence-electron chi connectivity index (χ3n) is 11.1. The average molecular weight is 447 g/mol.